The highest BCUT2D eigenvalue weighted by atomic mass is 19.3. The van der Waals surface area contributed by atoms with Gasteiger partial charge < -0.3 is 14.7 Å². The van der Waals surface area contributed by atoms with Gasteiger partial charge in [-0.2, -0.15) is 8.78 Å². The first-order valence-electron chi connectivity index (χ1n) is 4.56. The lowest BCUT2D eigenvalue weighted by Gasteiger charge is -2.11. The molecule has 0 aliphatic carbocycles. The topological polar surface area (TPSA) is 51.0 Å². The number of rotatable bonds is 5. The molecule has 0 aromatic heterocycles. The molecule has 0 bridgehead atoms. The number of ether oxygens (including phenoxy) is 2. The quantitative estimate of drug-likeness (QED) is 0.481. The molecular formula is C10H11F2NO3. The fourth-order valence-electron chi connectivity index (χ4n) is 1.13. The number of hydrogen-bond donors (Lipinski definition) is 1. The van der Waals surface area contributed by atoms with Gasteiger partial charge in [-0.3, -0.25) is 0 Å². The molecule has 0 atom stereocenters. The van der Waals surface area contributed by atoms with Crippen LogP contribution in [-0.2, 0) is 0 Å². The number of alkyl halides is 2. The molecule has 0 aliphatic rings. The molecule has 0 radical (unpaired) electrons. The van der Waals surface area contributed by atoms with Crippen LogP contribution in [0.15, 0.2) is 23.4 Å². The van der Waals surface area contributed by atoms with Crippen molar-refractivity contribution in [2.75, 3.05) is 6.61 Å². The van der Waals surface area contributed by atoms with Crippen molar-refractivity contribution in [1.82, 2.24) is 0 Å². The highest BCUT2D eigenvalue weighted by Gasteiger charge is 2.10. The van der Waals surface area contributed by atoms with E-state index in [4.69, 9.17) is 9.94 Å². The van der Waals surface area contributed by atoms with E-state index in [1.165, 1.54) is 18.2 Å². The van der Waals surface area contributed by atoms with Crippen LogP contribution in [0.5, 0.6) is 11.5 Å². The van der Waals surface area contributed by atoms with E-state index in [9.17, 15) is 8.78 Å². The average molecular weight is 231 g/mol. The summed E-state index contributed by atoms with van der Waals surface area (Å²) >= 11 is 0. The van der Waals surface area contributed by atoms with E-state index in [2.05, 4.69) is 9.89 Å². The SMILES string of the molecule is CCOc1cc(/C=N\O)ccc1OC(F)F. The largest absolute Gasteiger partial charge is 0.490 e. The second kappa shape index (κ2) is 5.89. The smallest absolute Gasteiger partial charge is 0.387 e. The first-order valence-corrected chi connectivity index (χ1v) is 4.56. The van der Waals surface area contributed by atoms with Gasteiger partial charge in [0.25, 0.3) is 0 Å². The number of benzene rings is 1. The molecule has 1 N–H and O–H groups in total. The molecule has 0 aliphatic heterocycles. The monoisotopic (exact) mass is 231 g/mol. The Morgan fingerprint density at radius 2 is 2.19 bits per heavy atom. The molecule has 1 aromatic rings. The summed E-state index contributed by atoms with van der Waals surface area (Å²) in [7, 11) is 0. The number of hydrogen-bond acceptors (Lipinski definition) is 4. The van der Waals surface area contributed by atoms with Crippen molar-refractivity contribution in [2.24, 2.45) is 5.16 Å². The number of halogens is 2. The van der Waals surface area contributed by atoms with Gasteiger partial charge in [-0.1, -0.05) is 5.16 Å². The molecule has 0 saturated heterocycles. The third-order valence-corrected chi connectivity index (χ3v) is 1.69. The molecule has 6 heteroatoms. The summed E-state index contributed by atoms with van der Waals surface area (Å²) in [5.41, 5.74) is 0.521. The minimum Gasteiger partial charge on any atom is -0.490 e. The van der Waals surface area contributed by atoms with Crippen LogP contribution in [0.4, 0.5) is 8.78 Å². The zero-order valence-corrected chi connectivity index (χ0v) is 8.56. The number of oxime groups is 1. The fourth-order valence-corrected chi connectivity index (χ4v) is 1.13. The Labute approximate surface area is 91.1 Å². The van der Waals surface area contributed by atoms with Crippen LogP contribution in [0, 0.1) is 0 Å². The Morgan fingerprint density at radius 1 is 1.44 bits per heavy atom. The molecule has 4 nitrogen and oxygen atoms in total. The van der Waals surface area contributed by atoms with Gasteiger partial charge in [-0.05, 0) is 25.1 Å². The highest BCUT2D eigenvalue weighted by molar-refractivity contribution is 5.80. The van der Waals surface area contributed by atoms with E-state index < -0.39 is 6.61 Å². The van der Waals surface area contributed by atoms with Gasteiger partial charge >= 0.3 is 6.61 Å². The fraction of sp³-hybridized carbons (Fsp3) is 0.300. The van der Waals surface area contributed by atoms with Crippen molar-refractivity contribution < 1.29 is 23.5 Å². The molecule has 0 saturated carbocycles. The predicted octanol–water partition coefficient (Wildman–Crippen LogP) is 2.49. The van der Waals surface area contributed by atoms with Crippen LogP contribution >= 0.6 is 0 Å². The van der Waals surface area contributed by atoms with Crippen LogP contribution in [-0.4, -0.2) is 24.6 Å². The summed E-state index contributed by atoms with van der Waals surface area (Å²) < 4.78 is 33.5. The molecule has 0 amide bonds. The third-order valence-electron chi connectivity index (χ3n) is 1.69. The van der Waals surface area contributed by atoms with Gasteiger partial charge in [0.2, 0.25) is 0 Å². The maximum Gasteiger partial charge on any atom is 0.387 e. The molecular weight excluding hydrogens is 220 g/mol. The van der Waals surface area contributed by atoms with Crippen LogP contribution in [0.3, 0.4) is 0 Å². The van der Waals surface area contributed by atoms with Crippen molar-refractivity contribution >= 4 is 6.21 Å². The van der Waals surface area contributed by atoms with Gasteiger partial charge in [0.05, 0.1) is 12.8 Å². The first-order chi connectivity index (χ1) is 7.67. The lowest BCUT2D eigenvalue weighted by atomic mass is 10.2. The van der Waals surface area contributed by atoms with Crippen molar-refractivity contribution in [2.45, 2.75) is 13.5 Å². The lowest BCUT2D eigenvalue weighted by molar-refractivity contribution is -0.0514. The minimum absolute atomic E-state index is 0.0491. The molecule has 0 unspecified atom stereocenters. The van der Waals surface area contributed by atoms with Gasteiger partial charge in [0, 0.05) is 5.56 Å². The minimum atomic E-state index is -2.91. The van der Waals surface area contributed by atoms with E-state index in [1.807, 2.05) is 0 Å². The van der Waals surface area contributed by atoms with Gasteiger partial charge in [-0.25, -0.2) is 0 Å². The van der Waals surface area contributed by atoms with Crippen LogP contribution in [0.2, 0.25) is 0 Å². The van der Waals surface area contributed by atoms with Crippen LogP contribution in [0.1, 0.15) is 12.5 Å². The Morgan fingerprint density at radius 3 is 2.75 bits per heavy atom. The van der Waals surface area contributed by atoms with E-state index >= 15 is 0 Å². The summed E-state index contributed by atoms with van der Waals surface area (Å²) in [6.07, 6.45) is 1.16. The van der Waals surface area contributed by atoms with E-state index in [1.54, 1.807) is 6.92 Å². The highest BCUT2D eigenvalue weighted by Crippen LogP contribution is 2.29. The Balaban J connectivity index is 2.98. The summed E-state index contributed by atoms with van der Waals surface area (Å²) in [5.74, 6) is 0.132. The maximum absolute atomic E-state index is 12.0. The number of nitrogens with zero attached hydrogens (tertiary/aromatic N) is 1. The van der Waals surface area contributed by atoms with E-state index in [0.29, 0.717) is 12.2 Å². The van der Waals surface area contributed by atoms with E-state index in [-0.39, 0.29) is 11.5 Å². The molecule has 0 fully saturated rings. The van der Waals surface area contributed by atoms with Crippen LogP contribution in [0.25, 0.3) is 0 Å². The zero-order valence-electron chi connectivity index (χ0n) is 8.56. The standard InChI is InChI=1S/C10H11F2NO3/c1-2-15-9-5-7(6-13-14)3-4-8(9)16-10(11)12/h3-6,10,14H,2H2,1H3/b13-6-. The second-order valence-corrected chi connectivity index (χ2v) is 2.76. The molecule has 88 valence electrons. The normalized spacial score (nSPS) is 11.0. The third kappa shape index (κ3) is 3.38. The Bertz CT molecular complexity index is 369. The van der Waals surface area contributed by atoms with Crippen molar-refractivity contribution in [3.05, 3.63) is 23.8 Å². The lowest BCUT2D eigenvalue weighted by Crippen LogP contribution is -2.04. The van der Waals surface area contributed by atoms with Crippen LogP contribution < -0.4 is 9.47 Å². The summed E-state index contributed by atoms with van der Waals surface area (Å²) in [6, 6.07) is 4.25. The van der Waals surface area contributed by atoms with Gasteiger partial charge in [-0.15, -0.1) is 0 Å². The van der Waals surface area contributed by atoms with Crippen molar-refractivity contribution in [3.63, 3.8) is 0 Å². The van der Waals surface area contributed by atoms with Crippen molar-refractivity contribution in [1.29, 1.82) is 0 Å². The van der Waals surface area contributed by atoms with E-state index in [0.717, 1.165) is 6.21 Å². The average Bonchev–Trinajstić information content (AvgIpc) is 2.22. The van der Waals surface area contributed by atoms with Gasteiger partial charge in [0.15, 0.2) is 11.5 Å². The van der Waals surface area contributed by atoms with Gasteiger partial charge in [0.1, 0.15) is 0 Å². The summed E-state index contributed by atoms with van der Waals surface area (Å²) in [4.78, 5) is 0. The summed E-state index contributed by atoms with van der Waals surface area (Å²) in [5, 5.41) is 11.2. The van der Waals surface area contributed by atoms with Crippen molar-refractivity contribution in [3.8, 4) is 11.5 Å². The maximum atomic E-state index is 12.0. The second-order valence-electron chi connectivity index (χ2n) is 2.76. The first kappa shape index (κ1) is 12.2. The predicted molar refractivity (Wildman–Crippen MR) is 53.6 cm³/mol. The summed E-state index contributed by atoms with van der Waals surface area (Å²) in [6.45, 7) is -0.866. The molecule has 1 rings (SSSR count). The molecule has 16 heavy (non-hydrogen) atoms. The zero-order chi connectivity index (χ0) is 12.0. The molecule has 0 heterocycles. The Kier molecular flexibility index (Phi) is 4.50. The Hall–Kier alpha value is -1.85. The molecule has 1 aromatic carbocycles. The molecule has 0 spiro atoms.